The highest BCUT2D eigenvalue weighted by atomic mass is 19.4. The second-order valence-electron chi connectivity index (χ2n) is 5.24. The lowest BCUT2D eigenvalue weighted by molar-refractivity contribution is -0.158. The first-order valence-electron chi connectivity index (χ1n) is 7.15. The molecule has 2 rings (SSSR count). The van der Waals surface area contributed by atoms with Crippen LogP contribution in [0.15, 0.2) is 24.3 Å². The largest absolute Gasteiger partial charge is 0.484 e. The predicted octanol–water partition coefficient (Wildman–Crippen LogP) is 1.48. The van der Waals surface area contributed by atoms with E-state index in [-0.39, 0.29) is 31.9 Å². The minimum absolute atomic E-state index is 0.00520. The fourth-order valence-corrected chi connectivity index (χ4v) is 2.29. The maximum absolute atomic E-state index is 12.3. The number of carboxylic acid groups (broad SMARTS) is 1. The molecular weight excluding hydrogens is 331 g/mol. The number of halogens is 3. The Hall–Kier alpha value is -2.29. The fraction of sp³-hybridized carbons (Fsp3) is 0.467. The van der Waals surface area contributed by atoms with E-state index in [4.69, 9.17) is 9.84 Å². The number of morpholine rings is 1. The van der Waals surface area contributed by atoms with Crippen molar-refractivity contribution in [1.82, 2.24) is 4.90 Å². The van der Waals surface area contributed by atoms with Crippen LogP contribution in [0, 0.1) is 0 Å². The number of hydrogen-bond donors (Lipinski definition) is 1. The number of carbonyl (C=O) groups is 2. The summed E-state index contributed by atoms with van der Waals surface area (Å²) in [4.78, 5) is 24.7. The van der Waals surface area contributed by atoms with Gasteiger partial charge in [0.1, 0.15) is 5.75 Å². The number of hydrogen-bond acceptors (Lipinski definition) is 4. The summed E-state index contributed by atoms with van der Waals surface area (Å²) in [5.74, 6) is -1.60. The Morgan fingerprint density at radius 1 is 1.38 bits per heavy atom. The smallest absolute Gasteiger partial charge is 0.422 e. The molecule has 132 valence electrons. The molecule has 1 aromatic carbocycles. The van der Waals surface area contributed by atoms with Gasteiger partial charge in [0.25, 0.3) is 0 Å². The highest BCUT2D eigenvalue weighted by Gasteiger charge is 2.32. The number of alkyl halides is 3. The molecule has 1 saturated heterocycles. The molecule has 1 aliphatic heterocycles. The molecule has 0 bridgehead atoms. The highest BCUT2D eigenvalue weighted by molar-refractivity contribution is 5.85. The van der Waals surface area contributed by atoms with Crippen molar-refractivity contribution in [3.8, 4) is 5.75 Å². The van der Waals surface area contributed by atoms with E-state index in [1.807, 2.05) is 0 Å². The Bertz CT molecular complexity index is 605. The van der Waals surface area contributed by atoms with Crippen molar-refractivity contribution in [2.45, 2.75) is 18.6 Å². The number of rotatable bonds is 5. The van der Waals surface area contributed by atoms with Crippen LogP contribution in [0.1, 0.15) is 5.56 Å². The number of carboxylic acids is 1. The number of nitrogens with zero attached hydrogens (tertiary/aromatic N) is 1. The molecule has 0 aliphatic carbocycles. The van der Waals surface area contributed by atoms with Gasteiger partial charge in [-0.3, -0.25) is 4.79 Å². The highest BCUT2D eigenvalue weighted by Crippen LogP contribution is 2.20. The monoisotopic (exact) mass is 347 g/mol. The van der Waals surface area contributed by atoms with E-state index in [1.54, 1.807) is 6.07 Å². The van der Waals surface area contributed by atoms with Crippen LogP contribution in [-0.4, -0.2) is 60.5 Å². The molecule has 1 fully saturated rings. The fourth-order valence-electron chi connectivity index (χ4n) is 2.29. The Balaban J connectivity index is 2.02. The minimum Gasteiger partial charge on any atom is -0.484 e. The molecule has 0 radical (unpaired) electrons. The Kier molecular flexibility index (Phi) is 5.66. The van der Waals surface area contributed by atoms with Crippen molar-refractivity contribution in [2.75, 3.05) is 26.4 Å². The van der Waals surface area contributed by atoms with Crippen molar-refractivity contribution in [1.29, 1.82) is 0 Å². The molecular formula is C15H16F3NO5. The maximum atomic E-state index is 12.3. The van der Waals surface area contributed by atoms with Crippen LogP contribution >= 0.6 is 0 Å². The summed E-state index contributed by atoms with van der Waals surface area (Å²) < 4.78 is 46.2. The number of amides is 1. The summed E-state index contributed by atoms with van der Waals surface area (Å²) in [5.41, 5.74) is 0.440. The van der Waals surface area contributed by atoms with Crippen molar-refractivity contribution in [2.24, 2.45) is 0 Å². The van der Waals surface area contributed by atoms with Crippen LogP contribution in [-0.2, 0) is 20.7 Å². The summed E-state index contributed by atoms with van der Waals surface area (Å²) in [6, 6.07) is 4.67. The first-order chi connectivity index (χ1) is 11.3. The third-order valence-corrected chi connectivity index (χ3v) is 3.39. The first-order valence-corrected chi connectivity index (χ1v) is 7.15. The van der Waals surface area contributed by atoms with Crippen LogP contribution in [0.25, 0.3) is 0 Å². The zero-order chi connectivity index (χ0) is 17.7. The standard InChI is InChI=1S/C15H16F3NO5/c16-15(17,18)9-24-11-3-1-2-10(6-11)7-13(20)19-4-5-23-8-12(19)14(21)22/h1-3,6,12H,4-5,7-9H2,(H,21,22). The van der Waals surface area contributed by atoms with Crippen molar-refractivity contribution in [3.05, 3.63) is 29.8 Å². The van der Waals surface area contributed by atoms with Gasteiger partial charge in [0, 0.05) is 6.54 Å². The summed E-state index contributed by atoms with van der Waals surface area (Å²) >= 11 is 0. The van der Waals surface area contributed by atoms with Gasteiger partial charge in [-0.05, 0) is 17.7 Å². The van der Waals surface area contributed by atoms with Crippen LogP contribution in [0.5, 0.6) is 5.75 Å². The van der Waals surface area contributed by atoms with Gasteiger partial charge in [-0.15, -0.1) is 0 Å². The number of ether oxygens (including phenoxy) is 2. The van der Waals surface area contributed by atoms with Crippen LogP contribution < -0.4 is 4.74 Å². The third-order valence-electron chi connectivity index (χ3n) is 3.39. The van der Waals surface area contributed by atoms with E-state index in [2.05, 4.69) is 4.74 Å². The molecule has 1 atom stereocenters. The minimum atomic E-state index is -4.45. The summed E-state index contributed by atoms with van der Waals surface area (Å²) in [5, 5.41) is 9.11. The lowest BCUT2D eigenvalue weighted by Gasteiger charge is -2.33. The van der Waals surface area contributed by atoms with Crippen LogP contribution in [0.4, 0.5) is 13.2 Å². The lowest BCUT2D eigenvalue weighted by atomic mass is 10.1. The molecule has 6 nitrogen and oxygen atoms in total. The topological polar surface area (TPSA) is 76.1 Å². The van der Waals surface area contributed by atoms with Crippen molar-refractivity contribution in [3.63, 3.8) is 0 Å². The van der Waals surface area contributed by atoms with Gasteiger partial charge in [-0.2, -0.15) is 13.2 Å². The zero-order valence-corrected chi connectivity index (χ0v) is 12.6. The molecule has 0 aromatic heterocycles. The quantitative estimate of drug-likeness (QED) is 0.873. The summed E-state index contributed by atoms with van der Waals surface area (Å²) in [7, 11) is 0. The zero-order valence-electron chi connectivity index (χ0n) is 12.6. The number of carbonyl (C=O) groups excluding carboxylic acids is 1. The molecule has 1 N–H and O–H groups in total. The third kappa shape index (κ3) is 5.12. The molecule has 1 heterocycles. The average molecular weight is 347 g/mol. The molecule has 1 unspecified atom stereocenters. The molecule has 0 saturated carbocycles. The van der Waals surface area contributed by atoms with Gasteiger partial charge < -0.3 is 19.5 Å². The predicted molar refractivity (Wildman–Crippen MR) is 75.7 cm³/mol. The maximum Gasteiger partial charge on any atom is 0.422 e. The summed E-state index contributed by atoms with van der Waals surface area (Å²) in [6.07, 6.45) is -4.58. The normalized spacial score (nSPS) is 18.3. The lowest BCUT2D eigenvalue weighted by Crippen LogP contribution is -2.53. The first kappa shape index (κ1) is 18.1. The molecule has 1 amide bonds. The van der Waals surface area contributed by atoms with Crippen LogP contribution in [0.3, 0.4) is 0 Å². The van der Waals surface area contributed by atoms with E-state index >= 15 is 0 Å². The van der Waals surface area contributed by atoms with Crippen molar-refractivity contribution < 1.29 is 37.3 Å². The Morgan fingerprint density at radius 3 is 2.79 bits per heavy atom. The number of aliphatic carboxylic acids is 1. The Labute approximate surface area is 135 Å². The van der Waals surface area contributed by atoms with Crippen LogP contribution in [0.2, 0.25) is 0 Å². The van der Waals surface area contributed by atoms with Gasteiger partial charge >= 0.3 is 12.1 Å². The van der Waals surface area contributed by atoms with E-state index in [0.29, 0.717) is 5.56 Å². The molecule has 0 spiro atoms. The average Bonchev–Trinajstić information content (AvgIpc) is 2.52. The van der Waals surface area contributed by atoms with Gasteiger partial charge in [0.05, 0.1) is 19.6 Å². The van der Waals surface area contributed by atoms with E-state index < -0.39 is 30.7 Å². The molecule has 1 aliphatic rings. The van der Waals surface area contributed by atoms with E-state index in [9.17, 15) is 22.8 Å². The van der Waals surface area contributed by atoms with Gasteiger partial charge in [0.15, 0.2) is 12.6 Å². The van der Waals surface area contributed by atoms with Gasteiger partial charge in [0.2, 0.25) is 5.91 Å². The molecule has 24 heavy (non-hydrogen) atoms. The second kappa shape index (κ2) is 7.52. The van der Waals surface area contributed by atoms with E-state index in [1.165, 1.54) is 23.1 Å². The summed E-state index contributed by atoms with van der Waals surface area (Å²) in [6.45, 7) is -1.12. The van der Waals surface area contributed by atoms with Crippen molar-refractivity contribution >= 4 is 11.9 Å². The number of benzene rings is 1. The molecule has 1 aromatic rings. The SMILES string of the molecule is O=C(O)C1COCCN1C(=O)Cc1cccc(OCC(F)(F)F)c1. The molecule has 9 heteroatoms. The Morgan fingerprint density at radius 2 is 2.12 bits per heavy atom. The van der Waals surface area contributed by atoms with Gasteiger partial charge in [-0.25, -0.2) is 4.79 Å². The van der Waals surface area contributed by atoms with E-state index in [0.717, 1.165) is 0 Å². The van der Waals surface area contributed by atoms with Gasteiger partial charge in [-0.1, -0.05) is 12.1 Å². The second-order valence-corrected chi connectivity index (χ2v) is 5.24.